The fraction of sp³-hybridized carbons (Fsp3) is 0.889. The van der Waals surface area contributed by atoms with Crippen molar-refractivity contribution in [2.45, 2.75) is 25.3 Å². The van der Waals surface area contributed by atoms with Crippen LogP contribution in [0, 0.1) is 5.92 Å². The van der Waals surface area contributed by atoms with Crippen LogP contribution in [-0.2, 0) is 9.53 Å². The Morgan fingerprint density at radius 1 is 1.69 bits per heavy atom. The van der Waals surface area contributed by atoms with E-state index < -0.39 is 0 Å². The quantitative estimate of drug-likeness (QED) is 0.606. The number of aliphatic hydroxyl groups is 1. The van der Waals surface area contributed by atoms with Crippen molar-refractivity contribution < 1.29 is 14.6 Å². The lowest BCUT2D eigenvalue weighted by Gasteiger charge is -2.28. The molecular weight excluding hydrogens is 170 g/mol. The lowest BCUT2D eigenvalue weighted by Crippen LogP contribution is -2.44. The van der Waals surface area contributed by atoms with Crippen molar-refractivity contribution in [3.63, 3.8) is 0 Å². The van der Waals surface area contributed by atoms with Gasteiger partial charge < -0.3 is 15.2 Å². The maximum Gasteiger partial charge on any atom is 0.322 e. The minimum atomic E-state index is -0.192. The number of hydrogen-bond donors (Lipinski definition) is 2. The van der Waals surface area contributed by atoms with Crippen LogP contribution in [0.25, 0.3) is 0 Å². The number of piperidine rings is 1. The molecule has 0 saturated carbocycles. The second kappa shape index (κ2) is 5.19. The summed E-state index contributed by atoms with van der Waals surface area (Å²) < 4.78 is 4.65. The molecule has 0 spiro atoms. The number of methoxy groups -OCH3 is 1. The van der Waals surface area contributed by atoms with E-state index in [9.17, 15) is 4.79 Å². The van der Waals surface area contributed by atoms with Gasteiger partial charge in [0.1, 0.15) is 6.04 Å². The number of carbonyl (C=O) groups is 1. The maximum atomic E-state index is 11.2. The van der Waals surface area contributed by atoms with E-state index in [-0.39, 0.29) is 18.6 Å². The normalized spacial score (nSPS) is 28.5. The summed E-state index contributed by atoms with van der Waals surface area (Å²) in [5, 5.41) is 11.9. The van der Waals surface area contributed by atoms with Crippen molar-refractivity contribution in [3.8, 4) is 0 Å². The Labute approximate surface area is 78.3 Å². The molecule has 1 rings (SSSR count). The Kier molecular flexibility index (Phi) is 4.18. The van der Waals surface area contributed by atoms with Gasteiger partial charge in [-0.05, 0) is 31.7 Å². The van der Waals surface area contributed by atoms with Gasteiger partial charge >= 0.3 is 5.97 Å². The topological polar surface area (TPSA) is 58.6 Å². The van der Waals surface area contributed by atoms with Gasteiger partial charge in [-0.15, -0.1) is 0 Å². The third-order valence-corrected chi connectivity index (χ3v) is 2.54. The van der Waals surface area contributed by atoms with E-state index in [0.717, 1.165) is 25.8 Å². The van der Waals surface area contributed by atoms with Crippen LogP contribution in [0.4, 0.5) is 0 Å². The van der Waals surface area contributed by atoms with E-state index in [1.807, 2.05) is 0 Å². The maximum absolute atomic E-state index is 11.2. The van der Waals surface area contributed by atoms with Gasteiger partial charge in [-0.3, -0.25) is 4.79 Å². The number of aliphatic hydroxyl groups excluding tert-OH is 1. The Hall–Kier alpha value is -0.610. The van der Waals surface area contributed by atoms with Crippen LogP contribution in [0.5, 0.6) is 0 Å². The van der Waals surface area contributed by atoms with Gasteiger partial charge in [0, 0.05) is 6.61 Å². The predicted octanol–water partition coefficient (Wildman–Crippen LogP) is -0.0900. The first-order chi connectivity index (χ1) is 6.27. The Balaban J connectivity index is 2.37. The van der Waals surface area contributed by atoms with E-state index in [4.69, 9.17) is 5.11 Å². The number of nitrogens with one attached hydrogen (secondary N) is 1. The highest BCUT2D eigenvalue weighted by atomic mass is 16.5. The molecule has 2 N–H and O–H groups in total. The third-order valence-electron chi connectivity index (χ3n) is 2.54. The first kappa shape index (κ1) is 10.5. The lowest BCUT2D eigenvalue weighted by atomic mass is 9.90. The summed E-state index contributed by atoms with van der Waals surface area (Å²) in [6.45, 7) is 1.04. The zero-order valence-corrected chi connectivity index (χ0v) is 7.95. The highest BCUT2D eigenvalue weighted by Crippen LogP contribution is 2.19. The summed E-state index contributed by atoms with van der Waals surface area (Å²) in [5.41, 5.74) is 0. The van der Waals surface area contributed by atoms with Crippen molar-refractivity contribution in [1.29, 1.82) is 0 Å². The van der Waals surface area contributed by atoms with E-state index >= 15 is 0 Å². The van der Waals surface area contributed by atoms with Gasteiger partial charge in [-0.25, -0.2) is 0 Å². The van der Waals surface area contributed by atoms with Gasteiger partial charge in [-0.1, -0.05) is 0 Å². The molecule has 0 amide bonds. The van der Waals surface area contributed by atoms with Crippen LogP contribution in [0.15, 0.2) is 0 Å². The van der Waals surface area contributed by atoms with E-state index in [1.165, 1.54) is 7.11 Å². The molecule has 0 aromatic carbocycles. The van der Waals surface area contributed by atoms with Crippen LogP contribution < -0.4 is 5.32 Å². The molecule has 0 radical (unpaired) electrons. The molecule has 76 valence electrons. The van der Waals surface area contributed by atoms with Crippen molar-refractivity contribution in [2.24, 2.45) is 5.92 Å². The van der Waals surface area contributed by atoms with Gasteiger partial charge in [0.05, 0.1) is 7.11 Å². The first-order valence-electron chi connectivity index (χ1n) is 4.70. The molecule has 1 saturated heterocycles. The van der Waals surface area contributed by atoms with Crippen LogP contribution in [0.3, 0.4) is 0 Å². The molecule has 1 aliphatic rings. The van der Waals surface area contributed by atoms with Gasteiger partial charge in [0.25, 0.3) is 0 Å². The Morgan fingerprint density at radius 2 is 2.46 bits per heavy atom. The molecule has 0 aromatic rings. The Morgan fingerprint density at radius 3 is 3.08 bits per heavy atom. The number of esters is 1. The Bertz CT molecular complexity index is 170. The summed E-state index contributed by atoms with van der Waals surface area (Å²) >= 11 is 0. The molecule has 13 heavy (non-hydrogen) atoms. The molecule has 0 aliphatic carbocycles. The average molecular weight is 187 g/mol. The molecule has 0 aromatic heterocycles. The smallest absolute Gasteiger partial charge is 0.322 e. The molecule has 4 heteroatoms. The second-order valence-electron chi connectivity index (χ2n) is 3.43. The van der Waals surface area contributed by atoms with Crippen molar-refractivity contribution in [3.05, 3.63) is 0 Å². The van der Waals surface area contributed by atoms with E-state index in [0.29, 0.717) is 5.92 Å². The second-order valence-corrected chi connectivity index (χ2v) is 3.43. The number of rotatable bonds is 3. The lowest BCUT2D eigenvalue weighted by molar-refractivity contribution is -0.144. The minimum absolute atomic E-state index is 0.171. The standard InChI is InChI=1S/C9H17NO3/c1-13-9(12)8-6-7(3-5-11)2-4-10-8/h7-8,10-11H,2-6H2,1H3/t7-,8-/m0/s1. The predicted molar refractivity (Wildman–Crippen MR) is 48.2 cm³/mol. The van der Waals surface area contributed by atoms with Crippen molar-refractivity contribution in [2.75, 3.05) is 20.3 Å². The summed E-state index contributed by atoms with van der Waals surface area (Å²) in [6.07, 6.45) is 2.61. The number of carbonyl (C=O) groups excluding carboxylic acids is 1. The van der Waals surface area contributed by atoms with Crippen LogP contribution in [0.1, 0.15) is 19.3 Å². The third kappa shape index (κ3) is 2.97. The zero-order chi connectivity index (χ0) is 9.68. The monoisotopic (exact) mass is 187 g/mol. The van der Waals surface area contributed by atoms with Crippen LogP contribution in [0.2, 0.25) is 0 Å². The first-order valence-corrected chi connectivity index (χ1v) is 4.70. The molecular formula is C9H17NO3. The van der Waals surface area contributed by atoms with Crippen LogP contribution >= 0.6 is 0 Å². The number of hydrogen-bond acceptors (Lipinski definition) is 4. The molecule has 0 unspecified atom stereocenters. The molecule has 1 heterocycles. The minimum Gasteiger partial charge on any atom is -0.468 e. The van der Waals surface area contributed by atoms with Gasteiger partial charge in [0.2, 0.25) is 0 Å². The summed E-state index contributed by atoms with van der Waals surface area (Å²) in [4.78, 5) is 11.2. The summed E-state index contributed by atoms with van der Waals surface area (Å²) in [7, 11) is 1.40. The molecule has 4 nitrogen and oxygen atoms in total. The summed E-state index contributed by atoms with van der Waals surface area (Å²) in [5.74, 6) is 0.262. The van der Waals surface area contributed by atoms with Gasteiger partial charge in [0.15, 0.2) is 0 Å². The largest absolute Gasteiger partial charge is 0.468 e. The van der Waals surface area contributed by atoms with Gasteiger partial charge in [-0.2, -0.15) is 0 Å². The summed E-state index contributed by atoms with van der Waals surface area (Å²) in [6, 6.07) is -0.171. The zero-order valence-electron chi connectivity index (χ0n) is 7.95. The van der Waals surface area contributed by atoms with Crippen molar-refractivity contribution in [1.82, 2.24) is 5.32 Å². The van der Waals surface area contributed by atoms with E-state index in [1.54, 1.807) is 0 Å². The van der Waals surface area contributed by atoms with E-state index in [2.05, 4.69) is 10.1 Å². The average Bonchev–Trinajstić information content (AvgIpc) is 2.18. The fourth-order valence-corrected chi connectivity index (χ4v) is 1.76. The molecule has 1 fully saturated rings. The number of ether oxygens (including phenoxy) is 1. The van der Waals surface area contributed by atoms with Crippen LogP contribution in [-0.4, -0.2) is 37.4 Å². The fourth-order valence-electron chi connectivity index (χ4n) is 1.76. The molecule has 0 bridgehead atoms. The molecule has 2 atom stereocenters. The molecule has 1 aliphatic heterocycles. The highest BCUT2D eigenvalue weighted by Gasteiger charge is 2.26. The van der Waals surface area contributed by atoms with Crippen molar-refractivity contribution >= 4 is 5.97 Å². The SMILES string of the molecule is COC(=O)[C@@H]1C[C@H](CCO)CCN1. The highest BCUT2D eigenvalue weighted by molar-refractivity contribution is 5.75.